The van der Waals surface area contributed by atoms with Gasteiger partial charge in [-0.2, -0.15) is 4.98 Å². The van der Waals surface area contributed by atoms with Crippen molar-refractivity contribution in [3.63, 3.8) is 0 Å². The zero-order chi connectivity index (χ0) is 44.8. The molecule has 330 valence electrons. The molecule has 3 aromatic carbocycles. The van der Waals surface area contributed by atoms with Crippen molar-refractivity contribution in [1.82, 2.24) is 20.6 Å². The van der Waals surface area contributed by atoms with Gasteiger partial charge in [0.05, 0.1) is 29.8 Å². The van der Waals surface area contributed by atoms with E-state index in [-0.39, 0.29) is 29.1 Å². The van der Waals surface area contributed by atoms with Gasteiger partial charge in [0.25, 0.3) is 5.91 Å². The van der Waals surface area contributed by atoms with Gasteiger partial charge in [-0.1, -0.05) is 0 Å². The van der Waals surface area contributed by atoms with Crippen LogP contribution in [-0.2, 0) is 11.2 Å². The summed E-state index contributed by atoms with van der Waals surface area (Å²) in [6.45, 7) is 6.97. The molecule has 0 aliphatic rings. The van der Waals surface area contributed by atoms with Gasteiger partial charge >= 0.3 is 11.6 Å². The lowest BCUT2D eigenvalue weighted by Crippen LogP contribution is -2.26. The van der Waals surface area contributed by atoms with E-state index in [2.05, 4.69) is 57.4 Å². The van der Waals surface area contributed by atoms with E-state index in [9.17, 15) is 19.2 Å². The average molecular weight is 982 g/mol. The maximum absolute atomic E-state index is 13.1. The van der Waals surface area contributed by atoms with Gasteiger partial charge in [0.15, 0.2) is 17.2 Å². The lowest BCUT2D eigenvalue weighted by Gasteiger charge is -2.21. The molecule has 0 atom stereocenters. The predicted octanol–water partition coefficient (Wildman–Crippen LogP) is 7.21. The second kappa shape index (κ2) is 22.8. The molecule has 0 aliphatic heterocycles. The van der Waals surface area contributed by atoms with E-state index >= 15 is 0 Å². The van der Waals surface area contributed by atoms with Crippen LogP contribution in [0.3, 0.4) is 0 Å². The molecule has 0 fully saturated rings. The number of carbonyl (C=O) groups excluding carboxylic acids is 3. The summed E-state index contributed by atoms with van der Waals surface area (Å²) < 4.78 is 28.9. The Hall–Kier alpha value is -5.88. The molecule has 2 heterocycles. The first-order chi connectivity index (χ1) is 29.8. The fraction of sp³-hybridized carbons (Fsp3) is 0.364. The summed E-state index contributed by atoms with van der Waals surface area (Å²) in [5.41, 5.74) is 13.7. The molecule has 2 aromatic heterocycles. The minimum atomic E-state index is -0.898. The van der Waals surface area contributed by atoms with Crippen molar-refractivity contribution in [3.8, 4) is 23.0 Å². The summed E-state index contributed by atoms with van der Waals surface area (Å²) in [5.74, 6) is 0.738. The summed E-state index contributed by atoms with van der Waals surface area (Å²) in [5, 5.41) is 6.42. The Morgan fingerprint density at radius 2 is 1.52 bits per heavy atom. The van der Waals surface area contributed by atoms with E-state index in [1.165, 1.54) is 18.2 Å². The van der Waals surface area contributed by atoms with Gasteiger partial charge in [0, 0.05) is 73.5 Å². The summed E-state index contributed by atoms with van der Waals surface area (Å²) in [6, 6.07) is 13.7. The van der Waals surface area contributed by atoms with Crippen LogP contribution in [-0.4, -0.2) is 74.8 Å². The number of unbranched alkanes of at least 4 members (excludes halogenated alkanes) is 3. The van der Waals surface area contributed by atoms with Crippen LogP contribution in [0.15, 0.2) is 72.9 Å². The zero-order valence-corrected chi connectivity index (χ0v) is 38.3. The predicted molar refractivity (Wildman–Crippen MR) is 245 cm³/mol. The Morgan fingerprint density at radius 1 is 0.839 bits per heavy atom. The summed E-state index contributed by atoms with van der Waals surface area (Å²) >= 11 is 6.78. The van der Waals surface area contributed by atoms with Gasteiger partial charge in [0.1, 0.15) is 17.0 Å². The molecule has 5 rings (SSSR count). The maximum atomic E-state index is 13.1. The van der Waals surface area contributed by atoms with Crippen LogP contribution >= 0.6 is 31.9 Å². The van der Waals surface area contributed by atoms with Crippen molar-refractivity contribution >= 4 is 78.1 Å². The molecule has 2 amide bonds. The number of ether oxygens (including phenoxy) is 4. The molecule has 0 aliphatic carbocycles. The SMILES string of the molecule is CCN(CC)c1ccc2cc(C(=O)Oc3c(Br)cc(C(=O)NCCCCCNC(=O)CCCCOc4c(OC)cc(Cc5cnc(N)nc5N)cc4OC)cc3Br)c(=O)oc2c1. The van der Waals surface area contributed by atoms with Gasteiger partial charge in [-0.05, 0) is 126 Å². The van der Waals surface area contributed by atoms with Gasteiger partial charge in [-0.15, -0.1) is 0 Å². The lowest BCUT2D eigenvalue weighted by atomic mass is 10.1. The number of anilines is 3. The second-order valence-electron chi connectivity index (χ2n) is 14.1. The van der Waals surface area contributed by atoms with Crippen molar-refractivity contribution in [1.29, 1.82) is 0 Å². The number of hydrogen-bond acceptors (Lipinski definition) is 14. The van der Waals surface area contributed by atoms with Gasteiger partial charge in [-0.25, -0.2) is 14.6 Å². The molecule has 0 saturated heterocycles. The van der Waals surface area contributed by atoms with Crippen molar-refractivity contribution in [2.75, 3.05) is 63.4 Å². The molecule has 0 bridgehead atoms. The number of nitrogens with two attached hydrogens (primary N) is 2. The molecular formula is C44H51Br2N7O9. The number of nitrogens with zero attached hydrogens (tertiary/aromatic N) is 3. The van der Waals surface area contributed by atoms with E-state index < -0.39 is 11.6 Å². The Kier molecular flexibility index (Phi) is 17.4. The van der Waals surface area contributed by atoms with Crippen LogP contribution in [0.4, 0.5) is 17.5 Å². The number of nitrogens with one attached hydrogen (secondary N) is 2. The highest BCUT2D eigenvalue weighted by molar-refractivity contribution is 9.11. The van der Waals surface area contributed by atoms with Crippen LogP contribution in [0.25, 0.3) is 11.0 Å². The van der Waals surface area contributed by atoms with E-state index in [4.69, 9.17) is 34.8 Å². The highest BCUT2D eigenvalue weighted by Crippen LogP contribution is 2.40. The third-order valence-corrected chi connectivity index (χ3v) is 11.0. The first kappa shape index (κ1) is 47.2. The number of rotatable bonds is 22. The number of aromatic nitrogens is 2. The van der Waals surface area contributed by atoms with Gasteiger partial charge in [-0.3, -0.25) is 9.59 Å². The highest BCUT2D eigenvalue weighted by Gasteiger charge is 2.22. The maximum Gasteiger partial charge on any atom is 0.351 e. The molecule has 62 heavy (non-hydrogen) atoms. The Morgan fingerprint density at radius 3 is 2.16 bits per heavy atom. The molecule has 0 spiro atoms. The molecular weight excluding hydrogens is 930 g/mol. The van der Waals surface area contributed by atoms with Crippen LogP contribution in [0, 0.1) is 0 Å². The van der Waals surface area contributed by atoms with Crippen molar-refractivity contribution in [2.24, 2.45) is 0 Å². The van der Waals surface area contributed by atoms with Gasteiger partial charge in [0.2, 0.25) is 17.6 Å². The Bertz CT molecular complexity index is 2390. The molecule has 16 nitrogen and oxygen atoms in total. The highest BCUT2D eigenvalue weighted by atomic mass is 79.9. The molecule has 0 saturated carbocycles. The van der Waals surface area contributed by atoms with Crippen LogP contribution in [0.1, 0.15) is 84.2 Å². The zero-order valence-electron chi connectivity index (χ0n) is 35.1. The van der Waals surface area contributed by atoms with Crippen LogP contribution in [0.2, 0.25) is 0 Å². The van der Waals surface area contributed by atoms with Crippen LogP contribution < -0.4 is 51.6 Å². The number of amides is 2. The average Bonchev–Trinajstić information content (AvgIpc) is 3.25. The van der Waals surface area contributed by atoms with E-state index in [0.29, 0.717) is 106 Å². The number of fused-ring (bicyclic) bond motifs is 1. The summed E-state index contributed by atoms with van der Waals surface area (Å²) in [6.07, 6.45) is 5.92. The first-order valence-electron chi connectivity index (χ1n) is 20.2. The molecule has 6 N–H and O–H groups in total. The number of halogens is 2. The normalized spacial score (nSPS) is 10.9. The topological polar surface area (TPSA) is 223 Å². The number of carbonyl (C=O) groups is 3. The molecule has 0 radical (unpaired) electrons. The Balaban J connectivity index is 0.983. The summed E-state index contributed by atoms with van der Waals surface area (Å²) in [7, 11) is 3.10. The molecule has 0 unspecified atom stereocenters. The standard InChI is InChI=1S/C44H51Br2N7O9/c1-5-53(6-2)30-14-13-27-21-31(42(56)61-34(27)24-30)43(57)62-38-32(45)22-28(23-33(38)46)41(55)50-16-10-7-9-15-49-37(54)12-8-11-17-60-39-35(58-3)19-26(20-36(39)59-4)18-29-25-51-44(48)52-40(29)47/h13-14,19-25H,5-12,15-18H2,1-4H3,(H,49,54)(H,50,55)(H4,47,48,51,52). The molecule has 5 aromatic rings. The van der Waals surface area contributed by atoms with Crippen molar-refractivity contribution in [3.05, 3.63) is 96.3 Å². The number of nitrogen functional groups attached to an aromatic ring is 2. The fourth-order valence-corrected chi connectivity index (χ4v) is 7.89. The third kappa shape index (κ3) is 12.6. The minimum absolute atomic E-state index is 0.0424. The minimum Gasteiger partial charge on any atom is -0.493 e. The van der Waals surface area contributed by atoms with Crippen LogP contribution in [0.5, 0.6) is 23.0 Å². The third-order valence-electron chi connectivity index (χ3n) is 9.86. The molecule has 18 heteroatoms. The van der Waals surface area contributed by atoms with E-state index in [1.54, 1.807) is 32.5 Å². The fourth-order valence-electron chi connectivity index (χ4n) is 6.54. The monoisotopic (exact) mass is 979 g/mol. The summed E-state index contributed by atoms with van der Waals surface area (Å²) in [4.78, 5) is 61.4. The van der Waals surface area contributed by atoms with E-state index in [1.807, 2.05) is 32.0 Å². The van der Waals surface area contributed by atoms with Gasteiger partial charge < -0.3 is 50.4 Å². The van der Waals surface area contributed by atoms with E-state index in [0.717, 1.165) is 37.2 Å². The largest absolute Gasteiger partial charge is 0.493 e. The lowest BCUT2D eigenvalue weighted by molar-refractivity contribution is -0.121. The van der Waals surface area contributed by atoms with Crippen molar-refractivity contribution < 1.29 is 37.7 Å². The first-order valence-corrected chi connectivity index (χ1v) is 21.8. The Labute approximate surface area is 376 Å². The second-order valence-corrected chi connectivity index (χ2v) is 15.8. The number of esters is 1. The number of benzene rings is 3. The number of methoxy groups -OCH3 is 2. The van der Waals surface area contributed by atoms with Crippen molar-refractivity contribution in [2.45, 2.75) is 58.8 Å². The smallest absolute Gasteiger partial charge is 0.351 e. The number of hydrogen-bond donors (Lipinski definition) is 4. The quantitative estimate of drug-likeness (QED) is 0.0233.